The van der Waals surface area contributed by atoms with E-state index in [4.69, 9.17) is 0 Å². The lowest BCUT2D eigenvalue weighted by molar-refractivity contribution is -0.151. The molecule has 1 aromatic rings. The molecule has 1 unspecified atom stereocenters. The van der Waals surface area contributed by atoms with Crippen LogP contribution >= 0.6 is 0 Å². The van der Waals surface area contributed by atoms with Crippen molar-refractivity contribution in [3.05, 3.63) is 35.9 Å². The molecule has 1 heterocycles. The van der Waals surface area contributed by atoms with Crippen LogP contribution in [-0.4, -0.2) is 47.4 Å². The number of carboxylic acid groups (broad SMARTS) is 1. The van der Waals surface area contributed by atoms with E-state index < -0.39 is 11.4 Å². The lowest BCUT2D eigenvalue weighted by Crippen LogP contribution is -2.40. The van der Waals surface area contributed by atoms with Gasteiger partial charge in [-0.1, -0.05) is 32.0 Å². The van der Waals surface area contributed by atoms with Crippen molar-refractivity contribution in [3.8, 4) is 0 Å². The van der Waals surface area contributed by atoms with E-state index in [1.807, 2.05) is 19.9 Å². The molecule has 0 radical (unpaired) electrons. The molecule has 1 saturated heterocycles. The predicted molar refractivity (Wildman–Crippen MR) is 94.1 cm³/mol. The number of hydrogen-bond donors (Lipinski definition) is 2. The average molecular weight is 346 g/mol. The second kappa shape index (κ2) is 8.14. The van der Waals surface area contributed by atoms with Crippen LogP contribution in [0, 0.1) is 11.3 Å². The molecule has 2 rings (SSSR count). The third-order valence-corrected chi connectivity index (χ3v) is 5.07. The molecule has 1 aromatic carbocycles. The number of benzene rings is 1. The molecule has 0 spiro atoms. The van der Waals surface area contributed by atoms with E-state index in [0.717, 1.165) is 0 Å². The first-order valence-electron chi connectivity index (χ1n) is 8.71. The SMILES string of the molecule is CC(C)C1(C(=O)O)CCN(C(=O)CCCNC(=O)c2ccccc2)C1. The molecule has 0 aromatic heterocycles. The Morgan fingerprint density at radius 3 is 2.48 bits per heavy atom. The summed E-state index contributed by atoms with van der Waals surface area (Å²) in [4.78, 5) is 37.5. The molecular weight excluding hydrogens is 320 g/mol. The van der Waals surface area contributed by atoms with Gasteiger partial charge >= 0.3 is 5.97 Å². The maximum Gasteiger partial charge on any atom is 0.311 e. The summed E-state index contributed by atoms with van der Waals surface area (Å²) in [6, 6.07) is 8.93. The molecule has 1 atom stereocenters. The highest BCUT2D eigenvalue weighted by Gasteiger charge is 2.48. The van der Waals surface area contributed by atoms with Crippen LogP contribution in [0.4, 0.5) is 0 Å². The fraction of sp³-hybridized carbons (Fsp3) is 0.526. The smallest absolute Gasteiger partial charge is 0.311 e. The normalized spacial score (nSPS) is 19.9. The van der Waals surface area contributed by atoms with E-state index in [0.29, 0.717) is 37.9 Å². The quantitative estimate of drug-likeness (QED) is 0.741. The van der Waals surface area contributed by atoms with Gasteiger partial charge < -0.3 is 15.3 Å². The Kier molecular flexibility index (Phi) is 6.17. The molecule has 1 fully saturated rings. The van der Waals surface area contributed by atoms with Crippen LogP contribution < -0.4 is 5.32 Å². The van der Waals surface area contributed by atoms with Crippen molar-refractivity contribution in [2.75, 3.05) is 19.6 Å². The van der Waals surface area contributed by atoms with Gasteiger partial charge in [0, 0.05) is 31.6 Å². The van der Waals surface area contributed by atoms with Gasteiger partial charge in [-0.05, 0) is 30.9 Å². The first kappa shape index (κ1) is 19.0. The van der Waals surface area contributed by atoms with Crippen molar-refractivity contribution >= 4 is 17.8 Å². The molecule has 2 N–H and O–H groups in total. The summed E-state index contributed by atoms with van der Waals surface area (Å²) < 4.78 is 0. The summed E-state index contributed by atoms with van der Waals surface area (Å²) in [6.07, 6.45) is 1.34. The molecule has 25 heavy (non-hydrogen) atoms. The standard InChI is InChI=1S/C19H26N2O4/c1-14(2)19(18(24)25)10-12-21(13-19)16(22)9-6-11-20-17(23)15-7-4-3-5-8-15/h3-5,7-8,14H,6,9-13H2,1-2H3,(H,20,23)(H,24,25). The van der Waals surface area contributed by atoms with Crippen LogP contribution in [0.2, 0.25) is 0 Å². The molecule has 0 aliphatic carbocycles. The maximum atomic E-state index is 12.3. The van der Waals surface area contributed by atoms with Crippen molar-refractivity contribution in [2.45, 2.75) is 33.1 Å². The van der Waals surface area contributed by atoms with Gasteiger partial charge in [-0.25, -0.2) is 0 Å². The van der Waals surface area contributed by atoms with E-state index >= 15 is 0 Å². The number of carbonyl (C=O) groups is 3. The number of rotatable bonds is 7. The van der Waals surface area contributed by atoms with Crippen LogP contribution in [0.15, 0.2) is 30.3 Å². The van der Waals surface area contributed by atoms with Crippen molar-refractivity contribution in [3.63, 3.8) is 0 Å². The molecule has 1 aliphatic heterocycles. The number of amides is 2. The monoisotopic (exact) mass is 346 g/mol. The zero-order valence-corrected chi connectivity index (χ0v) is 14.8. The Labute approximate surface area is 148 Å². The summed E-state index contributed by atoms with van der Waals surface area (Å²) in [5.74, 6) is -1.04. The van der Waals surface area contributed by atoms with E-state index in [1.54, 1.807) is 29.2 Å². The minimum absolute atomic E-state index is 0.0204. The number of carboxylic acids is 1. The number of hydrogen-bond acceptors (Lipinski definition) is 3. The Morgan fingerprint density at radius 2 is 1.92 bits per heavy atom. The molecule has 0 saturated carbocycles. The second-order valence-corrected chi connectivity index (χ2v) is 6.91. The van der Waals surface area contributed by atoms with Gasteiger partial charge in [-0.2, -0.15) is 0 Å². The van der Waals surface area contributed by atoms with Gasteiger partial charge in [0.1, 0.15) is 0 Å². The first-order chi connectivity index (χ1) is 11.9. The summed E-state index contributed by atoms with van der Waals surface area (Å²) in [5.41, 5.74) is -0.242. The third-order valence-electron chi connectivity index (χ3n) is 5.07. The number of aliphatic carboxylic acids is 1. The van der Waals surface area contributed by atoms with E-state index in [2.05, 4.69) is 5.32 Å². The summed E-state index contributed by atoms with van der Waals surface area (Å²) in [7, 11) is 0. The molecule has 0 bridgehead atoms. The molecule has 2 amide bonds. The van der Waals surface area contributed by atoms with Gasteiger partial charge in [-0.3, -0.25) is 14.4 Å². The highest BCUT2D eigenvalue weighted by atomic mass is 16.4. The van der Waals surface area contributed by atoms with Gasteiger partial charge in [0.05, 0.1) is 5.41 Å². The number of carbonyl (C=O) groups excluding carboxylic acids is 2. The van der Waals surface area contributed by atoms with Crippen LogP contribution in [0.1, 0.15) is 43.5 Å². The minimum atomic E-state index is -0.836. The second-order valence-electron chi connectivity index (χ2n) is 6.91. The minimum Gasteiger partial charge on any atom is -0.481 e. The average Bonchev–Trinajstić information content (AvgIpc) is 3.06. The summed E-state index contributed by atoms with van der Waals surface area (Å²) in [5, 5.41) is 12.3. The van der Waals surface area contributed by atoms with Crippen molar-refractivity contribution in [2.24, 2.45) is 11.3 Å². The van der Waals surface area contributed by atoms with Crippen molar-refractivity contribution < 1.29 is 19.5 Å². The molecular formula is C19H26N2O4. The van der Waals surface area contributed by atoms with Gasteiger partial charge in [0.25, 0.3) is 5.91 Å². The van der Waals surface area contributed by atoms with Crippen molar-refractivity contribution in [1.82, 2.24) is 10.2 Å². The highest BCUT2D eigenvalue weighted by molar-refractivity contribution is 5.94. The lowest BCUT2D eigenvalue weighted by Gasteiger charge is -2.28. The fourth-order valence-corrected chi connectivity index (χ4v) is 3.23. The topological polar surface area (TPSA) is 86.7 Å². The van der Waals surface area contributed by atoms with E-state index in [1.165, 1.54) is 0 Å². The molecule has 6 heteroatoms. The van der Waals surface area contributed by atoms with Crippen LogP contribution in [0.3, 0.4) is 0 Å². The maximum absolute atomic E-state index is 12.3. The van der Waals surface area contributed by atoms with Crippen LogP contribution in [-0.2, 0) is 9.59 Å². The fourth-order valence-electron chi connectivity index (χ4n) is 3.23. The number of likely N-dealkylation sites (tertiary alicyclic amines) is 1. The predicted octanol–water partition coefficient (Wildman–Crippen LogP) is 2.16. The molecule has 1 aliphatic rings. The van der Waals surface area contributed by atoms with Gasteiger partial charge in [-0.15, -0.1) is 0 Å². The van der Waals surface area contributed by atoms with Crippen molar-refractivity contribution in [1.29, 1.82) is 0 Å². The third kappa shape index (κ3) is 4.38. The van der Waals surface area contributed by atoms with Gasteiger partial charge in [0.2, 0.25) is 5.91 Å². The Bertz CT molecular complexity index is 630. The zero-order valence-electron chi connectivity index (χ0n) is 14.8. The lowest BCUT2D eigenvalue weighted by atomic mass is 9.76. The number of nitrogens with zero attached hydrogens (tertiary/aromatic N) is 1. The van der Waals surface area contributed by atoms with E-state index in [-0.39, 0.29) is 24.3 Å². The Morgan fingerprint density at radius 1 is 1.24 bits per heavy atom. The largest absolute Gasteiger partial charge is 0.481 e. The summed E-state index contributed by atoms with van der Waals surface area (Å²) >= 11 is 0. The first-order valence-corrected chi connectivity index (χ1v) is 8.71. The van der Waals surface area contributed by atoms with Crippen LogP contribution in [0.5, 0.6) is 0 Å². The summed E-state index contributed by atoms with van der Waals surface area (Å²) in [6.45, 7) is 4.96. The van der Waals surface area contributed by atoms with E-state index in [9.17, 15) is 19.5 Å². The molecule has 6 nitrogen and oxygen atoms in total. The zero-order chi connectivity index (χ0) is 18.4. The van der Waals surface area contributed by atoms with Gasteiger partial charge in [0.15, 0.2) is 0 Å². The number of nitrogens with one attached hydrogen (secondary N) is 1. The van der Waals surface area contributed by atoms with Crippen LogP contribution in [0.25, 0.3) is 0 Å². The molecule has 136 valence electrons. The highest BCUT2D eigenvalue weighted by Crippen LogP contribution is 2.38. The Hall–Kier alpha value is -2.37. The Balaban J connectivity index is 1.76.